The topological polar surface area (TPSA) is 64.0 Å². The van der Waals surface area contributed by atoms with Gasteiger partial charge in [0.05, 0.1) is 17.6 Å². The number of benzene rings is 2. The third-order valence-electron chi connectivity index (χ3n) is 5.04. The Kier molecular flexibility index (Phi) is 4.75. The van der Waals surface area contributed by atoms with Gasteiger partial charge in [0, 0.05) is 18.9 Å². The summed E-state index contributed by atoms with van der Waals surface area (Å²) in [6, 6.07) is 16.1. The van der Waals surface area contributed by atoms with Crippen LogP contribution in [0.4, 0.5) is 0 Å². The first-order chi connectivity index (χ1) is 13.1. The molecule has 5 nitrogen and oxygen atoms in total. The van der Waals surface area contributed by atoms with Gasteiger partial charge in [0.25, 0.3) is 5.56 Å². The number of hydrogen-bond donors (Lipinski definition) is 1. The van der Waals surface area contributed by atoms with Crippen molar-refractivity contribution in [2.75, 3.05) is 0 Å². The molecule has 0 unspecified atom stereocenters. The molecule has 2 aromatic carbocycles. The molecule has 4 rings (SSSR count). The molecule has 1 saturated carbocycles. The fourth-order valence-electron chi connectivity index (χ4n) is 3.28. The van der Waals surface area contributed by atoms with Gasteiger partial charge in [-0.1, -0.05) is 36.4 Å². The lowest BCUT2D eigenvalue weighted by molar-refractivity contribution is -0.121. The Hall–Kier alpha value is -2.95. The van der Waals surface area contributed by atoms with Crippen molar-refractivity contribution in [3.63, 3.8) is 0 Å². The number of aromatic nitrogens is 2. The second-order valence-corrected chi connectivity index (χ2v) is 7.21. The number of fused-ring (bicyclic) bond motifs is 1. The normalized spacial score (nSPS) is 13.7. The van der Waals surface area contributed by atoms with Gasteiger partial charge in [-0.15, -0.1) is 0 Å². The molecular weight excluding hydrogens is 338 g/mol. The summed E-state index contributed by atoms with van der Waals surface area (Å²) >= 11 is 0. The van der Waals surface area contributed by atoms with Gasteiger partial charge in [-0.25, -0.2) is 4.98 Å². The van der Waals surface area contributed by atoms with Crippen molar-refractivity contribution in [3.8, 4) is 0 Å². The highest BCUT2D eigenvalue weighted by Crippen LogP contribution is 2.19. The summed E-state index contributed by atoms with van der Waals surface area (Å²) in [5.74, 6) is -0.00249. The second kappa shape index (κ2) is 7.35. The van der Waals surface area contributed by atoms with E-state index in [1.54, 1.807) is 4.57 Å². The zero-order valence-electron chi connectivity index (χ0n) is 15.4. The molecule has 3 aromatic rings. The molecule has 138 valence electrons. The van der Waals surface area contributed by atoms with E-state index in [1.165, 1.54) is 0 Å². The second-order valence-electron chi connectivity index (χ2n) is 7.21. The van der Waals surface area contributed by atoms with Gasteiger partial charge >= 0.3 is 0 Å². The monoisotopic (exact) mass is 361 g/mol. The van der Waals surface area contributed by atoms with Crippen LogP contribution in [0.2, 0.25) is 0 Å². The first-order valence-corrected chi connectivity index (χ1v) is 9.44. The predicted molar refractivity (Wildman–Crippen MR) is 106 cm³/mol. The Labute approximate surface area is 158 Å². The summed E-state index contributed by atoms with van der Waals surface area (Å²) in [4.78, 5) is 29.7. The molecular formula is C22H23N3O2. The molecule has 27 heavy (non-hydrogen) atoms. The molecule has 1 aliphatic carbocycles. The van der Waals surface area contributed by atoms with Crippen LogP contribution in [-0.2, 0) is 17.8 Å². The van der Waals surface area contributed by atoms with Gasteiger partial charge in [0.1, 0.15) is 5.69 Å². The Morgan fingerprint density at radius 3 is 2.67 bits per heavy atom. The molecule has 1 N–H and O–H groups in total. The van der Waals surface area contributed by atoms with Crippen LogP contribution in [0.3, 0.4) is 0 Å². The Bertz CT molecular complexity index is 1050. The SMILES string of the molecule is Cc1ccccc1Cn1c(=O)c(CCC(=O)NC2CC2)nc2ccccc21. The van der Waals surface area contributed by atoms with Gasteiger partial charge in [0.2, 0.25) is 5.91 Å². The number of carbonyl (C=O) groups excluding carboxylic acids is 1. The number of rotatable bonds is 6. The lowest BCUT2D eigenvalue weighted by Gasteiger charge is -2.14. The highest BCUT2D eigenvalue weighted by molar-refractivity contribution is 5.77. The highest BCUT2D eigenvalue weighted by Gasteiger charge is 2.23. The maximum absolute atomic E-state index is 13.1. The van der Waals surface area contributed by atoms with E-state index < -0.39 is 0 Å². The van der Waals surface area contributed by atoms with Crippen LogP contribution in [0.15, 0.2) is 53.3 Å². The van der Waals surface area contributed by atoms with Crippen LogP contribution in [0.5, 0.6) is 0 Å². The summed E-state index contributed by atoms with van der Waals surface area (Å²) in [7, 11) is 0. The number of para-hydroxylation sites is 2. The smallest absolute Gasteiger partial charge is 0.273 e. The highest BCUT2D eigenvalue weighted by atomic mass is 16.1. The molecule has 1 aliphatic rings. The van der Waals surface area contributed by atoms with Gasteiger partial charge < -0.3 is 9.88 Å². The third kappa shape index (κ3) is 3.92. The van der Waals surface area contributed by atoms with Crippen molar-refractivity contribution in [3.05, 3.63) is 75.7 Å². The third-order valence-corrected chi connectivity index (χ3v) is 5.04. The van der Waals surface area contributed by atoms with Crippen LogP contribution < -0.4 is 10.9 Å². The van der Waals surface area contributed by atoms with Crippen molar-refractivity contribution in [1.29, 1.82) is 0 Å². The van der Waals surface area contributed by atoms with Crippen molar-refractivity contribution in [2.24, 2.45) is 0 Å². The maximum atomic E-state index is 13.1. The largest absolute Gasteiger partial charge is 0.353 e. The molecule has 1 aromatic heterocycles. The molecule has 0 aliphatic heterocycles. The molecule has 0 spiro atoms. The average molecular weight is 361 g/mol. The first kappa shape index (κ1) is 17.5. The summed E-state index contributed by atoms with van der Waals surface area (Å²) in [6.45, 7) is 2.54. The van der Waals surface area contributed by atoms with E-state index >= 15 is 0 Å². The molecule has 0 radical (unpaired) electrons. The van der Waals surface area contributed by atoms with Crippen molar-refractivity contribution < 1.29 is 4.79 Å². The van der Waals surface area contributed by atoms with Crippen LogP contribution in [0.25, 0.3) is 11.0 Å². The van der Waals surface area contributed by atoms with Crippen LogP contribution in [-0.4, -0.2) is 21.5 Å². The van der Waals surface area contributed by atoms with E-state index in [4.69, 9.17) is 0 Å². The fraction of sp³-hybridized carbons (Fsp3) is 0.318. The summed E-state index contributed by atoms with van der Waals surface area (Å²) < 4.78 is 1.78. The van der Waals surface area contributed by atoms with E-state index in [-0.39, 0.29) is 11.5 Å². The number of carbonyl (C=O) groups is 1. The minimum atomic E-state index is -0.115. The molecule has 1 heterocycles. The van der Waals surface area contributed by atoms with Gasteiger partial charge in [-0.05, 0) is 43.0 Å². The maximum Gasteiger partial charge on any atom is 0.273 e. The van der Waals surface area contributed by atoms with E-state index in [1.807, 2.05) is 55.5 Å². The number of hydrogen-bond acceptors (Lipinski definition) is 3. The number of amides is 1. The Morgan fingerprint density at radius 1 is 1.15 bits per heavy atom. The fourth-order valence-corrected chi connectivity index (χ4v) is 3.28. The standard InChI is InChI=1S/C22H23N3O2/c1-15-6-2-3-7-16(15)14-25-20-9-5-4-8-18(20)24-19(22(25)27)12-13-21(26)23-17-10-11-17/h2-9,17H,10-14H2,1H3,(H,23,26). The Morgan fingerprint density at radius 2 is 1.89 bits per heavy atom. The lowest BCUT2D eigenvalue weighted by Crippen LogP contribution is -2.29. The Balaban J connectivity index is 1.68. The molecule has 0 bridgehead atoms. The van der Waals surface area contributed by atoms with Crippen LogP contribution in [0.1, 0.15) is 36.1 Å². The zero-order chi connectivity index (χ0) is 18.8. The molecule has 0 atom stereocenters. The molecule has 1 amide bonds. The minimum absolute atomic E-state index is 0.00249. The van der Waals surface area contributed by atoms with Crippen molar-refractivity contribution in [2.45, 2.75) is 45.2 Å². The van der Waals surface area contributed by atoms with E-state index in [0.717, 1.165) is 35.0 Å². The van der Waals surface area contributed by atoms with Crippen LogP contribution in [0, 0.1) is 6.92 Å². The molecule has 5 heteroatoms. The van der Waals surface area contributed by atoms with Crippen molar-refractivity contribution >= 4 is 16.9 Å². The predicted octanol–water partition coefficient (Wildman–Crippen LogP) is 2.96. The van der Waals surface area contributed by atoms with Gasteiger partial charge in [0.15, 0.2) is 0 Å². The quantitative estimate of drug-likeness (QED) is 0.734. The lowest BCUT2D eigenvalue weighted by atomic mass is 10.1. The number of nitrogens with zero attached hydrogens (tertiary/aromatic N) is 2. The molecule has 1 fully saturated rings. The van der Waals surface area contributed by atoms with E-state index in [9.17, 15) is 9.59 Å². The van der Waals surface area contributed by atoms with Gasteiger partial charge in [-0.2, -0.15) is 0 Å². The first-order valence-electron chi connectivity index (χ1n) is 9.44. The van der Waals surface area contributed by atoms with Gasteiger partial charge in [-0.3, -0.25) is 9.59 Å². The minimum Gasteiger partial charge on any atom is -0.353 e. The molecule has 0 saturated heterocycles. The van der Waals surface area contributed by atoms with Crippen LogP contribution >= 0.6 is 0 Å². The summed E-state index contributed by atoms with van der Waals surface area (Å²) in [5.41, 5.74) is 4.19. The average Bonchev–Trinajstić information content (AvgIpc) is 3.48. The van der Waals surface area contributed by atoms with Crippen molar-refractivity contribution in [1.82, 2.24) is 14.9 Å². The number of aryl methyl sites for hydroxylation is 2. The summed E-state index contributed by atoms with van der Waals surface area (Å²) in [5, 5.41) is 2.97. The number of nitrogens with one attached hydrogen (secondary N) is 1. The summed E-state index contributed by atoms with van der Waals surface area (Å²) in [6.07, 6.45) is 2.77. The zero-order valence-corrected chi connectivity index (χ0v) is 15.4. The van der Waals surface area contributed by atoms with E-state index in [2.05, 4.69) is 10.3 Å². The van der Waals surface area contributed by atoms with E-state index in [0.29, 0.717) is 31.1 Å².